The number of anilines is 1. The zero-order valence-electron chi connectivity index (χ0n) is 18.9. The predicted octanol–water partition coefficient (Wildman–Crippen LogP) is 6.63. The van der Waals surface area contributed by atoms with Crippen LogP contribution in [0.2, 0.25) is 0 Å². The zero-order chi connectivity index (χ0) is 25.6. The molecule has 1 N–H and O–H groups in total. The number of rotatable bonds is 7. The van der Waals surface area contributed by atoms with E-state index in [0.29, 0.717) is 33.9 Å². The molecule has 0 saturated heterocycles. The van der Waals surface area contributed by atoms with Crippen LogP contribution < -0.4 is 10.1 Å². The summed E-state index contributed by atoms with van der Waals surface area (Å²) in [6.07, 6.45) is -2.49. The van der Waals surface area contributed by atoms with Gasteiger partial charge < -0.3 is 10.1 Å². The van der Waals surface area contributed by atoms with Gasteiger partial charge >= 0.3 is 6.18 Å². The summed E-state index contributed by atoms with van der Waals surface area (Å²) in [5.41, 5.74) is 0.966. The van der Waals surface area contributed by atoms with Crippen LogP contribution in [0.5, 0.6) is 5.75 Å². The molecule has 3 rings (SSSR count). The lowest BCUT2D eigenvalue weighted by molar-refractivity contribution is -0.137. The van der Waals surface area contributed by atoms with Crippen LogP contribution in [0.25, 0.3) is 6.08 Å². The van der Waals surface area contributed by atoms with Gasteiger partial charge in [0, 0.05) is 10.4 Å². The van der Waals surface area contributed by atoms with E-state index in [-0.39, 0.29) is 12.2 Å². The van der Waals surface area contributed by atoms with E-state index in [1.807, 2.05) is 19.9 Å². The summed E-state index contributed by atoms with van der Waals surface area (Å²) in [6, 6.07) is 15.3. The third kappa shape index (κ3) is 6.08. The highest BCUT2D eigenvalue weighted by Crippen LogP contribution is 2.33. The molecule has 0 aliphatic carbocycles. The Morgan fingerprint density at radius 1 is 1.17 bits per heavy atom. The third-order valence-corrected chi connectivity index (χ3v) is 6.20. The molecule has 0 fully saturated rings. The Balaban J connectivity index is 1.82. The van der Waals surface area contributed by atoms with Gasteiger partial charge in [-0.1, -0.05) is 37.3 Å². The molecule has 0 atom stereocenters. The molecular weight excluding hydrogens is 475 g/mol. The van der Waals surface area contributed by atoms with Crippen LogP contribution >= 0.6 is 11.3 Å². The van der Waals surface area contributed by atoms with Gasteiger partial charge in [0.1, 0.15) is 35.1 Å². The van der Waals surface area contributed by atoms with E-state index in [1.54, 1.807) is 24.3 Å². The molecule has 0 saturated carbocycles. The molecule has 5 nitrogen and oxygen atoms in total. The number of benzene rings is 2. The Hall–Kier alpha value is -4.08. The SMILES string of the molecule is CCc1c(C)sc(NC(=O)/C(C#N)=C/c2ccccc2OCc2cccc(C(F)(F)F)c2)c1C#N. The summed E-state index contributed by atoms with van der Waals surface area (Å²) < 4.78 is 44.6. The van der Waals surface area contributed by atoms with E-state index in [2.05, 4.69) is 11.4 Å². The minimum Gasteiger partial charge on any atom is -0.488 e. The van der Waals surface area contributed by atoms with Crippen molar-refractivity contribution in [2.45, 2.75) is 33.1 Å². The number of hydrogen-bond acceptors (Lipinski definition) is 5. The lowest BCUT2D eigenvalue weighted by atomic mass is 10.1. The number of nitriles is 2. The molecule has 178 valence electrons. The van der Waals surface area contributed by atoms with Crippen LogP contribution in [0.15, 0.2) is 54.1 Å². The van der Waals surface area contributed by atoms with Crippen molar-refractivity contribution in [2.75, 3.05) is 5.32 Å². The van der Waals surface area contributed by atoms with Gasteiger partial charge in [0.25, 0.3) is 5.91 Å². The highest BCUT2D eigenvalue weighted by Gasteiger charge is 2.30. The summed E-state index contributed by atoms with van der Waals surface area (Å²) in [5, 5.41) is 22.1. The maximum atomic E-state index is 13.0. The Kier molecular flexibility index (Phi) is 7.95. The van der Waals surface area contributed by atoms with Gasteiger partial charge in [-0.25, -0.2) is 0 Å². The van der Waals surface area contributed by atoms with Gasteiger partial charge in [0.05, 0.1) is 11.1 Å². The van der Waals surface area contributed by atoms with Crippen LogP contribution in [0.1, 0.15) is 39.6 Å². The first-order chi connectivity index (χ1) is 16.7. The summed E-state index contributed by atoms with van der Waals surface area (Å²) in [6.45, 7) is 3.64. The topological polar surface area (TPSA) is 85.9 Å². The number of nitrogens with one attached hydrogen (secondary N) is 1. The van der Waals surface area contributed by atoms with Gasteiger partial charge in [0.2, 0.25) is 0 Å². The molecule has 0 aliphatic rings. The zero-order valence-corrected chi connectivity index (χ0v) is 19.7. The molecule has 1 heterocycles. The smallest absolute Gasteiger partial charge is 0.416 e. The van der Waals surface area contributed by atoms with Gasteiger partial charge in [0.15, 0.2) is 0 Å². The second-order valence-electron chi connectivity index (χ2n) is 7.45. The Labute approximate surface area is 204 Å². The fourth-order valence-electron chi connectivity index (χ4n) is 3.42. The normalized spacial score (nSPS) is 11.5. The predicted molar refractivity (Wildman–Crippen MR) is 128 cm³/mol. The van der Waals surface area contributed by atoms with E-state index in [1.165, 1.54) is 29.5 Å². The van der Waals surface area contributed by atoms with Crippen molar-refractivity contribution in [1.82, 2.24) is 0 Å². The van der Waals surface area contributed by atoms with E-state index in [9.17, 15) is 28.5 Å². The van der Waals surface area contributed by atoms with Crippen LogP contribution in [-0.4, -0.2) is 5.91 Å². The fraction of sp³-hybridized carbons (Fsp3) is 0.192. The number of carbonyl (C=O) groups excluding carboxylic acids is 1. The second kappa shape index (κ2) is 10.9. The van der Waals surface area contributed by atoms with E-state index >= 15 is 0 Å². The lowest BCUT2D eigenvalue weighted by Gasteiger charge is -2.12. The first-order valence-corrected chi connectivity index (χ1v) is 11.3. The number of halogens is 3. The number of hydrogen-bond donors (Lipinski definition) is 1. The van der Waals surface area contributed by atoms with Gasteiger partial charge in [-0.05, 0) is 48.7 Å². The summed E-state index contributed by atoms with van der Waals surface area (Å²) in [7, 11) is 0. The largest absolute Gasteiger partial charge is 0.488 e. The molecule has 0 unspecified atom stereocenters. The molecule has 0 bridgehead atoms. The number of alkyl halides is 3. The molecule has 0 radical (unpaired) electrons. The minimum atomic E-state index is -4.46. The molecule has 3 aromatic rings. The first kappa shape index (κ1) is 25.5. The maximum Gasteiger partial charge on any atom is 0.416 e. The monoisotopic (exact) mass is 495 g/mol. The highest BCUT2D eigenvalue weighted by molar-refractivity contribution is 7.16. The van der Waals surface area contributed by atoms with Crippen LogP contribution in [0.4, 0.5) is 18.2 Å². The molecular formula is C26H20F3N3O2S. The van der Waals surface area contributed by atoms with Gasteiger partial charge in [-0.3, -0.25) is 4.79 Å². The standard InChI is InChI=1S/C26H20F3N3O2S/c1-3-21-16(2)35-25(22(21)14-31)32-24(33)19(13-30)12-18-8-4-5-10-23(18)34-15-17-7-6-9-20(11-17)26(27,28)29/h4-12H,3,15H2,1-2H3,(H,32,33)/b19-12+. The van der Waals surface area contributed by atoms with E-state index in [0.717, 1.165) is 22.6 Å². The van der Waals surface area contributed by atoms with Crippen molar-refractivity contribution in [2.24, 2.45) is 0 Å². The first-order valence-electron chi connectivity index (χ1n) is 10.5. The van der Waals surface area contributed by atoms with Crippen LogP contribution in [-0.2, 0) is 24.0 Å². The number of carbonyl (C=O) groups is 1. The molecule has 9 heteroatoms. The van der Waals surface area contributed by atoms with Crippen molar-refractivity contribution in [3.05, 3.63) is 86.8 Å². The number of ether oxygens (including phenoxy) is 1. The van der Waals surface area contributed by atoms with Crippen molar-refractivity contribution in [3.8, 4) is 17.9 Å². The van der Waals surface area contributed by atoms with E-state index in [4.69, 9.17) is 4.74 Å². The summed E-state index contributed by atoms with van der Waals surface area (Å²) in [4.78, 5) is 13.7. The van der Waals surface area contributed by atoms with Gasteiger partial charge in [-0.2, -0.15) is 23.7 Å². The third-order valence-electron chi connectivity index (χ3n) is 5.13. The van der Waals surface area contributed by atoms with Crippen molar-refractivity contribution >= 4 is 28.3 Å². The van der Waals surface area contributed by atoms with Gasteiger partial charge in [-0.15, -0.1) is 11.3 Å². The molecule has 0 spiro atoms. The summed E-state index contributed by atoms with van der Waals surface area (Å²) in [5.74, 6) is -0.385. The fourth-order valence-corrected chi connectivity index (χ4v) is 4.51. The maximum absolute atomic E-state index is 13.0. The lowest BCUT2D eigenvalue weighted by Crippen LogP contribution is -2.13. The quantitative estimate of drug-likeness (QED) is 0.294. The number of aryl methyl sites for hydroxylation is 1. The van der Waals surface area contributed by atoms with Crippen LogP contribution in [0.3, 0.4) is 0 Å². The van der Waals surface area contributed by atoms with E-state index < -0.39 is 17.6 Å². The molecule has 1 amide bonds. The number of amides is 1. The molecule has 1 aromatic heterocycles. The molecule has 2 aromatic carbocycles. The Morgan fingerprint density at radius 3 is 2.57 bits per heavy atom. The van der Waals surface area contributed by atoms with Crippen molar-refractivity contribution in [3.63, 3.8) is 0 Å². The number of thiophene rings is 1. The molecule has 35 heavy (non-hydrogen) atoms. The average Bonchev–Trinajstić information content (AvgIpc) is 3.14. The number of para-hydroxylation sites is 1. The number of nitrogens with zero attached hydrogens (tertiary/aromatic N) is 2. The molecule has 0 aliphatic heterocycles. The minimum absolute atomic E-state index is 0.136. The van der Waals surface area contributed by atoms with Crippen molar-refractivity contribution < 1.29 is 22.7 Å². The van der Waals surface area contributed by atoms with Crippen LogP contribution in [0, 0.1) is 29.6 Å². The average molecular weight is 496 g/mol. The highest BCUT2D eigenvalue weighted by atomic mass is 32.1. The van der Waals surface area contributed by atoms with Crippen molar-refractivity contribution in [1.29, 1.82) is 10.5 Å². The Morgan fingerprint density at radius 2 is 1.91 bits per heavy atom. The second-order valence-corrected chi connectivity index (χ2v) is 8.68. The Bertz CT molecular complexity index is 1360. The summed E-state index contributed by atoms with van der Waals surface area (Å²) >= 11 is 1.27.